The number of hydrogen-bond donors (Lipinski definition) is 0. The van der Waals surface area contributed by atoms with Gasteiger partial charge in [0.15, 0.2) is 0 Å². The number of isocyanates is 1. The van der Waals surface area contributed by atoms with Crippen molar-refractivity contribution in [2.75, 3.05) is 0 Å². The third kappa shape index (κ3) is 2.53. The summed E-state index contributed by atoms with van der Waals surface area (Å²) in [5.41, 5.74) is 1.84. The molecule has 1 rings (SSSR count). The second-order valence-electron chi connectivity index (χ2n) is 4.12. The Bertz CT molecular complexity index is 387. The van der Waals surface area contributed by atoms with Crippen molar-refractivity contribution < 1.29 is 4.79 Å². The van der Waals surface area contributed by atoms with Gasteiger partial charge in [-0.3, -0.25) is 0 Å². The molecule has 0 unspecified atom stereocenters. The van der Waals surface area contributed by atoms with Crippen LogP contribution in [0.1, 0.15) is 26.3 Å². The molecule has 0 saturated heterocycles. The van der Waals surface area contributed by atoms with E-state index in [1.54, 1.807) is 6.08 Å². The van der Waals surface area contributed by atoms with Crippen molar-refractivity contribution in [3.63, 3.8) is 0 Å². The predicted octanol–water partition coefficient (Wildman–Crippen LogP) is 3.71. The van der Waals surface area contributed by atoms with Crippen molar-refractivity contribution in [2.24, 2.45) is 4.99 Å². The van der Waals surface area contributed by atoms with E-state index in [0.717, 1.165) is 10.0 Å². The Morgan fingerprint density at radius 2 is 2.00 bits per heavy atom. The summed E-state index contributed by atoms with van der Waals surface area (Å²) in [6.07, 6.45) is 1.55. The Hall–Kier alpha value is -0.920. The average molecular weight is 254 g/mol. The van der Waals surface area contributed by atoms with Gasteiger partial charge in [0.05, 0.1) is 5.69 Å². The van der Waals surface area contributed by atoms with Crippen molar-refractivity contribution in [1.82, 2.24) is 0 Å². The van der Waals surface area contributed by atoms with Crippen LogP contribution in [0.25, 0.3) is 0 Å². The topological polar surface area (TPSA) is 29.4 Å². The van der Waals surface area contributed by atoms with Gasteiger partial charge in [0.2, 0.25) is 6.08 Å². The number of halogens is 1. The first-order valence-electron chi connectivity index (χ1n) is 4.33. The Morgan fingerprint density at radius 1 is 1.36 bits per heavy atom. The predicted molar refractivity (Wildman–Crippen MR) is 60.6 cm³/mol. The summed E-state index contributed by atoms with van der Waals surface area (Å²) >= 11 is 3.33. The SMILES string of the molecule is CC(C)(C)c1ccc(Br)c(N=C=O)c1. The highest BCUT2D eigenvalue weighted by atomic mass is 79.9. The van der Waals surface area contributed by atoms with Crippen LogP contribution in [0.15, 0.2) is 27.7 Å². The number of nitrogens with zero attached hydrogens (tertiary/aromatic N) is 1. The second-order valence-corrected chi connectivity index (χ2v) is 4.97. The van der Waals surface area contributed by atoms with Gasteiger partial charge in [0.25, 0.3) is 0 Å². The molecule has 0 heterocycles. The maximum absolute atomic E-state index is 10.2. The quantitative estimate of drug-likeness (QED) is 0.554. The monoisotopic (exact) mass is 253 g/mol. The van der Waals surface area contributed by atoms with Gasteiger partial charge in [-0.1, -0.05) is 26.8 Å². The molecular formula is C11H12BrNO. The molecule has 0 amide bonds. The fourth-order valence-corrected chi connectivity index (χ4v) is 1.45. The van der Waals surface area contributed by atoms with E-state index in [-0.39, 0.29) is 5.41 Å². The normalized spacial score (nSPS) is 10.9. The van der Waals surface area contributed by atoms with Crippen LogP contribution in [0.4, 0.5) is 5.69 Å². The lowest BCUT2D eigenvalue weighted by Crippen LogP contribution is -2.10. The number of hydrogen-bond acceptors (Lipinski definition) is 2. The maximum Gasteiger partial charge on any atom is 0.240 e. The molecule has 0 aliphatic rings. The van der Waals surface area contributed by atoms with Gasteiger partial charge >= 0.3 is 0 Å². The summed E-state index contributed by atoms with van der Waals surface area (Å²) in [6, 6.07) is 5.82. The standard InChI is InChI=1S/C11H12BrNO/c1-11(2,3)8-4-5-9(12)10(6-8)13-7-14/h4-6H,1-3H3. The zero-order valence-electron chi connectivity index (χ0n) is 8.47. The maximum atomic E-state index is 10.2. The molecule has 1 aromatic carbocycles. The van der Waals surface area contributed by atoms with E-state index in [0.29, 0.717) is 5.69 Å². The zero-order valence-corrected chi connectivity index (χ0v) is 10.1. The molecule has 3 heteroatoms. The lowest BCUT2D eigenvalue weighted by atomic mass is 9.87. The van der Waals surface area contributed by atoms with Crippen molar-refractivity contribution in [2.45, 2.75) is 26.2 Å². The molecule has 0 saturated carbocycles. The minimum absolute atomic E-state index is 0.0633. The summed E-state index contributed by atoms with van der Waals surface area (Å²) in [7, 11) is 0. The van der Waals surface area contributed by atoms with Crippen LogP contribution in [0.5, 0.6) is 0 Å². The van der Waals surface area contributed by atoms with Crippen LogP contribution in [-0.2, 0) is 10.2 Å². The van der Waals surface area contributed by atoms with E-state index in [1.165, 1.54) is 0 Å². The van der Waals surface area contributed by atoms with Crippen molar-refractivity contribution in [3.8, 4) is 0 Å². The molecule has 0 atom stereocenters. The number of benzene rings is 1. The van der Waals surface area contributed by atoms with Crippen LogP contribution in [0, 0.1) is 0 Å². The third-order valence-electron chi connectivity index (χ3n) is 1.98. The van der Waals surface area contributed by atoms with Gasteiger partial charge < -0.3 is 0 Å². The molecule has 0 radical (unpaired) electrons. The summed E-state index contributed by atoms with van der Waals surface area (Å²) in [5, 5.41) is 0. The van der Waals surface area contributed by atoms with Gasteiger partial charge in [-0.2, -0.15) is 4.99 Å². The minimum Gasteiger partial charge on any atom is -0.211 e. The molecule has 14 heavy (non-hydrogen) atoms. The van der Waals surface area contributed by atoms with Crippen molar-refractivity contribution >= 4 is 27.7 Å². The van der Waals surface area contributed by atoms with Crippen LogP contribution >= 0.6 is 15.9 Å². The van der Waals surface area contributed by atoms with E-state index in [9.17, 15) is 4.79 Å². The molecule has 0 fully saturated rings. The first kappa shape index (κ1) is 11.2. The van der Waals surface area contributed by atoms with Gasteiger partial charge in [0.1, 0.15) is 0 Å². The Morgan fingerprint density at radius 3 is 2.50 bits per heavy atom. The molecule has 0 aliphatic carbocycles. The highest BCUT2D eigenvalue weighted by molar-refractivity contribution is 9.10. The van der Waals surface area contributed by atoms with E-state index >= 15 is 0 Å². The fraction of sp³-hybridized carbons (Fsp3) is 0.364. The molecule has 0 bridgehead atoms. The van der Waals surface area contributed by atoms with Crippen LogP contribution in [0.2, 0.25) is 0 Å². The molecule has 0 aromatic heterocycles. The minimum atomic E-state index is 0.0633. The first-order chi connectivity index (χ1) is 6.45. The lowest BCUT2D eigenvalue weighted by Gasteiger charge is -2.19. The Balaban J connectivity index is 3.26. The van der Waals surface area contributed by atoms with Crippen LogP contribution in [0.3, 0.4) is 0 Å². The molecule has 1 aromatic rings. The highest BCUT2D eigenvalue weighted by Gasteiger charge is 2.14. The van der Waals surface area contributed by atoms with E-state index in [1.807, 2.05) is 18.2 Å². The molecular weight excluding hydrogens is 242 g/mol. The molecule has 0 N–H and O–H groups in total. The summed E-state index contributed by atoms with van der Waals surface area (Å²) in [4.78, 5) is 13.8. The lowest BCUT2D eigenvalue weighted by molar-refractivity contribution is 0.565. The fourth-order valence-electron chi connectivity index (χ4n) is 1.11. The smallest absolute Gasteiger partial charge is 0.211 e. The van der Waals surface area contributed by atoms with Crippen LogP contribution < -0.4 is 0 Å². The Kier molecular flexibility index (Phi) is 3.25. The van der Waals surface area contributed by atoms with Crippen molar-refractivity contribution in [1.29, 1.82) is 0 Å². The van der Waals surface area contributed by atoms with Gasteiger partial charge in [-0.25, -0.2) is 4.79 Å². The summed E-state index contributed by atoms with van der Waals surface area (Å²) < 4.78 is 0.814. The van der Waals surface area contributed by atoms with Gasteiger partial charge in [0, 0.05) is 4.47 Å². The summed E-state index contributed by atoms with van der Waals surface area (Å²) in [6.45, 7) is 6.35. The molecule has 0 spiro atoms. The second kappa shape index (κ2) is 4.07. The van der Waals surface area contributed by atoms with E-state index < -0.39 is 0 Å². The zero-order chi connectivity index (χ0) is 10.8. The highest BCUT2D eigenvalue weighted by Crippen LogP contribution is 2.31. The largest absolute Gasteiger partial charge is 0.240 e. The first-order valence-corrected chi connectivity index (χ1v) is 5.12. The van der Waals surface area contributed by atoms with Crippen LogP contribution in [-0.4, -0.2) is 6.08 Å². The van der Waals surface area contributed by atoms with E-state index in [4.69, 9.17) is 0 Å². The van der Waals surface area contributed by atoms with Gasteiger partial charge in [-0.15, -0.1) is 0 Å². The molecule has 2 nitrogen and oxygen atoms in total. The number of aliphatic imine (C=N–C) groups is 1. The third-order valence-corrected chi connectivity index (χ3v) is 2.65. The average Bonchev–Trinajstić information content (AvgIpc) is 2.07. The summed E-state index contributed by atoms with van der Waals surface area (Å²) in [5.74, 6) is 0. The molecule has 74 valence electrons. The Labute approximate surface area is 92.2 Å². The number of carbonyl (C=O) groups excluding carboxylic acids is 1. The van der Waals surface area contributed by atoms with Gasteiger partial charge in [-0.05, 0) is 39.0 Å². The number of rotatable bonds is 1. The van der Waals surface area contributed by atoms with E-state index in [2.05, 4.69) is 41.7 Å². The van der Waals surface area contributed by atoms with Crippen molar-refractivity contribution in [3.05, 3.63) is 28.2 Å². The molecule has 0 aliphatic heterocycles.